The first-order valence-electron chi connectivity index (χ1n) is 6.87. The molecule has 4 nitrogen and oxygen atoms in total. The standard InChI is InChI=1S/C17H10ClFN4S/c18-12-3-7-14(8-4-12)22-23-15(9-20)17-21-16(10-24-17)11-1-5-13(19)6-2-11/h1-8,10,22H. The quantitative estimate of drug-likeness (QED) is 0.532. The highest BCUT2D eigenvalue weighted by molar-refractivity contribution is 7.12. The number of halogens is 2. The number of thiazole rings is 1. The fraction of sp³-hybridized carbons (Fsp3) is 0. The van der Waals surface area contributed by atoms with Gasteiger partial charge in [-0.05, 0) is 48.5 Å². The molecule has 0 radical (unpaired) electrons. The molecule has 1 aromatic heterocycles. The molecule has 0 fully saturated rings. The van der Waals surface area contributed by atoms with Gasteiger partial charge >= 0.3 is 0 Å². The van der Waals surface area contributed by atoms with Crippen molar-refractivity contribution in [2.75, 3.05) is 5.43 Å². The van der Waals surface area contributed by atoms with Gasteiger partial charge in [0.15, 0.2) is 10.7 Å². The van der Waals surface area contributed by atoms with E-state index in [1.165, 1.54) is 23.5 Å². The molecule has 0 aliphatic carbocycles. The lowest BCUT2D eigenvalue weighted by Crippen LogP contribution is -2.01. The van der Waals surface area contributed by atoms with Crippen LogP contribution in [0.15, 0.2) is 59.0 Å². The van der Waals surface area contributed by atoms with E-state index in [9.17, 15) is 9.65 Å². The molecule has 0 saturated heterocycles. The van der Waals surface area contributed by atoms with Gasteiger partial charge < -0.3 is 0 Å². The molecule has 2 aromatic carbocycles. The summed E-state index contributed by atoms with van der Waals surface area (Å²) in [6.07, 6.45) is 0. The number of hydrogen-bond acceptors (Lipinski definition) is 5. The summed E-state index contributed by atoms with van der Waals surface area (Å²) in [5.41, 5.74) is 5.13. The van der Waals surface area contributed by atoms with E-state index in [1.807, 2.05) is 6.07 Å². The van der Waals surface area contributed by atoms with Gasteiger partial charge in [0.1, 0.15) is 11.9 Å². The number of rotatable bonds is 4. The smallest absolute Gasteiger partial charge is 0.196 e. The molecule has 3 rings (SSSR count). The van der Waals surface area contributed by atoms with Gasteiger partial charge in [-0.2, -0.15) is 10.4 Å². The van der Waals surface area contributed by atoms with Crippen LogP contribution in [-0.4, -0.2) is 10.7 Å². The van der Waals surface area contributed by atoms with Crippen molar-refractivity contribution in [1.29, 1.82) is 5.26 Å². The first-order valence-corrected chi connectivity index (χ1v) is 8.12. The molecule has 0 bridgehead atoms. The maximum atomic E-state index is 13.0. The van der Waals surface area contributed by atoms with Gasteiger partial charge in [0.05, 0.1) is 11.4 Å². The fourth-order valence-corrected chi connectivity index (χ4v) is 2.79. The third-order valence-corrected chi connectivity index (χ3v) is 4.19. The van der Waals surface area contributed by atoms with E-state index in [4.69, 9.17) is 11.6 Å². The molecule has 7 heteroatoms. The Morgan fingerprint density at radius 3 is 2.54 bits per heavy atom. The summed E-state index contributed by atoms with van der Waals surface area (Å²) in [5, 5.41) is 16.3. The van der Waals surface area contributed by atoms with Crippen LogP contribution in [0.3, 0.4) is 0 Å². The second-order valence-electron chi connectivity index (χ2n) is 4.74. The minimum Gasteiger partial charge on any atom is -0.277 e. The Bertz CT molecular complexity index is 911. The number of anilines is 1. The summed E-state index contributed by atoms with van der Waals surface area (Å²) in [6, 6.07) is 15.0. The summed E-state index contributed by atoms with van der Waals surface area (Å²) < 4.78 is 13.0. The van der Waals surface area contributed by atoms with Crippen LogP contribution in [0.25, 0.3) is 11.3 Å². The monoisotopic (exact) mass is 356 g/mol. The lowest BCUT2D eigenvalue weighted by molar-refractivity contribution is 0.628. The molecule has 0 unspecified atom stereocenters. The molecular formula is C17H10ClFN4S. The van der Waals surface area contributed by atoms with Gasteiger partial charge in [-0.15, -0.1) is 11.3 Å². The maximum Gasteiger partial charge on any atom is 0.196 e. The van der Waals surface area contributed by atoms with Crippen molar-refractivity contribution >= 4 is 34.3 Å². The number of hydrazone groups is 1. The summed E-state index contributed by atoms with van der Waals surface area (Å²) >= 11 is 7.12. The zero-order valence-corrected chi connectivity index (χ0v) is 13.8. The largest absolute Gasteiger partial charge is 0.277 e. The predicted octanol–water partition coefficient (Wildman–Crippen LogP) is 4.94. The van der Waals surface area contributed by atoms with Crippen LogP contribution in [0.1, 0.15) is 5.01 Å². The lowest BCUT2D eigenvalue weighted by Gasteiger charge is -2.00. The Labute approximate surface area is 146 Å². The zero-order valence-electron chi connectivity index (χ0n) is 12.2. The highest BCUT2D eigenvalue weighted by atomic mass is 35.5. The topological polar surface area (TPSA) is 61.1 Å². The second-order valence-corrected chi connectivity index (χ2v) is 6.03. The third-order valence-electron chi connectivity index (χ3n) is 3.09. The molecule has 0 spiro atoms. The fourth-order valence-electron chi connectivity index (χ4n) is 1.90. The van der Waals surface area contributed by atoms with Crippen molar-refractivity contribution in [2.24, 2.45) is 5.10 Å². The number of hydrogen-bond donors (Lipinski definition) is 1. The van der Waals surface area contributed by atoms with Gasteiger partial charge in [0.25, 0.3) is 0 Å². The summed E-state index contributed by atoms with van der Waals surface area (Å²) in [7, 11) is 0. The van der Waals surface area contributed by atoms with Crippen LogP contribution < -0.4 is 5.43 Å². The van der Waals surface area contributed by atoms with Crippen LogP contribution in [0.2, 0.25) is 5.02 Å². The van der Waals surface area contributed by atoms with E-state index in [-0.39, 0.29) is 11.5 Å². The Hall–Kier alpha value is -2.75. The number of benzene rings is 2. The number of nitrogens with one attached hydrogen (secondary N) is 1. The minimum absolute atomic E-state index is 0.170. The molecule has 0 amide bonds. The first kappa shape index (κ1) is 16.1. The Kier molecular flexibility index (Phi) is 4.85. The van der Waals surface area contributed by atoms with Crippen molar-refractivity contribution < 1.29 is 4.39 Å². The Balaban J connectivity index is 1.81. The van der Waals surface area contributed by atoms with Crippen LogP contribution in [0.4, 0.5) is 10.1 Å². The van der Waals surface area contributed by atoms with Gasteiger partial charge in [-0.3, -0.25) is 5.43 Å². The normalized spacial score (nSPS) is 11.1. The predicted molar refractivity (Wildman–Crippen MR) is 94.7 cm³/mol. The van der Waals surface area contributed by atoms with Gasteiger partial charge in [0, 0.05) is 16.0 Å². The van der Waals surface area contributed by atoms with E-state index >= 15 is 0 Å². The summed E-state index contributed by atoms with van der Waals surface area (Å²) in [5.74, 6) is -0.305. The molecule has 0 saturated carbocycles. The van der Waals surface area contributed by atoms with Gasteiger partial charge in [0.2, 0.25) is 0 Å². The average molecular weight is 357 g/mol. The average Bonchev–Trinajstić information content (AvgIpc) is 3.08. The maximum absolute atomic E-state index is 13.0. The molecule has 24 heavy (non-hydrogen) atoms. The van der Waals surface area contributed by atoms with E-state index in [2.05, 4.69) is 15.5 Å². The molecule has 1 N–H and O–H groups in total. The zero-order chi connectivity index (χ0) is 16.9. The molecule has 3 aromatic rings. The van der Waals surface area contributed by atoms with Crippen molar-refractivity contribution in [3.8, 4) is 17.3 Å². The summed E-state index contributed by atoms with van der Waals surface area (Å²) in [4.78, 5) is 4.39. The molecule has 0 aliphatic heterocycles. The van der Waals surface area contributed by atoms with Gasteiger partial charge in [-0.25, -0.2) is 9.37 Å². The first-order chi connectivity index (χ1) is 11.7. The van der Waals surface area contributed by atoms with Crippen molar-refractivity contribution in [2.45, 2.75) is 0 Å². The van der Waals surface area contributed by atoms with Crippen LogP contribution >= 0.6 is 22.9 Å². The van der Waals surface area contributed by atoms with E-state index in [0.717, 1.165) is 5.56 Å². The lowest BCUT2D eigenvalue weighted by atomic mass is 10.2. The van der Waals surface area contributed by atoms with Crippen LogP contribution in [-0.2, 0) is 0 Å². The number of nitrogens with zero attached hydrogens (tertiary/aromatic N) is 3. The minimum atomic E-state index is -0.305. The van der Waals surface area contributed by atoms with E-state index < -0.39 is 0 Å². The summed E-state index contributed by atoms with van der Waals surface area (Å²) in [6.45, 7) is 0. The molecule has 1 heterocycles. The number of nitriles is 1. The molecule has 0 aliphatic rings. The van der Waals surface area contributed by atoms with Crippen molar-refractivity contribution in [3.63, 3.8) is 0 Å². The van der Waals surface area contributed by atoms with Gasteiger partial charge in [-0.1, -0.05) is 11.6 Å². The Morgan fingerprint density at radius 1 is 1.17 bits per heavy atom. The highest BCUT2D eigenvalue weighted by Crippen LogP contribution is 2.22. The van der Waals surface area contributed by atoms with Crippen molar-refractivity contribution in [3.05, 3.63) is 69.8 Å². The van der Waals surface area contributed by atoms with Crippen LogP contribution in [0, 0.1) is 17.1 Å². The van der Waals surface area contributed by atoms with Crippen LogP contribution in [0.5, 0.6) is 0 Å². The molecular weight excluding hydrogens is 347 g/mol. The Morgan fingerprint density at radius 2 is 1.88 bits per heavy atom. The SMILES string of the molecule is N#CC(=NNc1ccc(Cl)cc1)c1nc(-c2ccc(F)cc2)cs1. The number of aromatic nitrogens is 1. The van der Waals surface area contributed by atoms with Crippen molar-refractivity contribution in [1.82, 2.24) is 4.98 Å². The molecule has 118 valence electrons. The highest BCUT2D eigenvalue weighted by Gasteiger charge is 2.10. The molecule has 0 atom stereocenters. The second kappa shape index (κ2) is 7.21. The van der Waals surface area contributed by atoms with E-state index in [0.29, 0.717) is 21.4 Å². The third kappa shape index (κ3) is 3.77. The van der Waals surface area contributed by atoms with E-state index in [1.54, 1.807) is 41.8 Å².